The van der Waals surface area contributed by atoms with Crippen LogP contribution in [0.2, 0.25) is 0 Å². The van der Waals surface area contributed by atoms with Crippen molar-refractivity contribution in [3.05, 3.63) is 29.8 Å². The number of nitrogens with zero attached hydrogens (tertiary/aromatic N) is 2. The van der Waals surface area contributed by atoms with Gasteiger partial charge in [0.05, 0.1) is 0 Å². The van der Waals surface area contributed by atoms with Gasteiger partial charge in [-0.2, -0.15) is 0 Å². The Labute approximate surface area is 108 Å². The fraction of sp³-hybridized carbons (Fsp3) is 0.500. The van der Waals surface area contributed by atoms with Gasteiger partial charge in [-0.1, -0.05) is 25.1 Å². The SMILES string of the molecule is CCc1ccccc1N1CCN(C)C(CN)C1=O. The molecular weight excluding hydrogens is 226 g/mol. The summed E-state index contributed by atoms with van der Waals surface area (Å²) < 4.78 is 0. The van der Waals surface area contributed by atoms with Crippen LogP contribution in [-0.2, 0) is 11.2 Å². The number of anilines is 1. The average Bonchev–Trinajstić information content (AvgIpc) is 2.39. The molecule has 1 unspecified atom stereocenters. The molecular formula is C14H21N3O. The second-order valence-electron chi connectivity index (χ2n) is 4.70. The molecule has 1 heterocycles. The van der Waals surface area contributed by atoms with Crippen molar-refractivity contribution in [3.8, 4) is 0 Å². The lowest BCUT2D eigenvalue weighted by Gasteiger charge is -2.38. The molecule has 1 aromatic carbocycles. The monoisotopic (exact) mass is 247 g/mol. The molecule has 1 amide bonds. The lowest BCUT2D eigenvalue weighted by atomic mass is 10.1. The lowest BCUT2D eigenvalue weighted by molar-refractivity contribution is -0.124. The third-order valence-electron chi connectivity index (χ3n) is 3.65. The highest BCUT2D eigenvalue weighted by Crippen LogP contribution is 2.24. The van der Waals surface area contributed by atoms with Gasteiger partial charge in [0.15, 0.2) is 0 Å². The molecule has 1 saturated heterocycles. The van der Waals surface area contributed by atoms with E-state index in [1.165, 1.54) is 5.56 Å². The summed E-state index contributed by atoms with van der Waals surface area (Å²) in [7, 11) is 1.96. The van der Waals surface area contributed by atoms with Crippen LogP contribution in [0, 0.1) is 0 Å². The van der Waals surface area contributed by atoms with Gasteiger partial charge in [-0.25, -0.2) is 0 Å². The molecule has 0 aliphatic carbocycles. The lowest BCUT2D eigenvalue weighted by Crippen LogP contribution is -2.58. The summed E-state index contributed by atoms with van der Waals surface area (Å²) in [4.78, 5) is 16.4. The third-order valence-corrected chi connectivity index (χ3v) is 3.65. The maximum atomic E-state index is 12.4. The highest BCUT2D eigenvalue weighted by atomic mass is 16.2. The van der Waals surface area contributed by atoms with E-state index in [9.17, 15) is 4.79 Å². The first kappa shape index (κ1) is 13.1. The standard InChI is InChI=1S/C14H21N3O/c1-3-11-6-4-5-7-12(11)17-9-8-16(2)13(10-15)14(17)18/h4-7,13H,3,8-10,15H2,1-2H3. The Hall–Kier alpha value is -1.39. The number of hydrogen-bond acceptors (Lipinski definition) is 3. The number of benzene rings is 1. The van der Waals surface area contributed by atoms with Crippen molar-refractivity contribution in [1.82, 2.24) is 4.90 Å². The minimum atomic E-state index is -0.191. The number of piperazine rings is 1. The van der Waals surface area contributed by atoms with Gasteiger partial charge in [-0.3, -0.25) is 9.69 Å². The van der Waals surface area contributed by atoms with Crippen molar-refractivity contribution < 1.29 is 4.79 Å². The molecule has 18 heavy (non-hydrogen) atoms. The van der Waals surface area contributed by atoms with Crippen LogP contribution < -0.4 is 10.6 Å². The van der Waals surface area contributed by atoms with Crippen LogP contribution in [0.25, 0.3) is 0 Å². The minimum absolute atomic E-state index is 0.118. The number of carbonyl (C=O) groups excluding carboxylic acids is 1. The predicted octanol–water partition coefficient (Wildman–Crippen LogP) is 0.855. The van der Waals surface area contributed by atoms with Crippen molar-refractivity contribution in [2.75, 3.05) is 31.6 Å². The van der Waals surface area contributed by atoms with Crippen LogP contribution in [0.4, 0.5) is 5.69 Å². The number of carbonyl (C=O) groups is 1. The van der Waals surface area contributed by atoms with Crippen molar-refractivity contribution in [2.45, 2.75) is 19.4 Å². The first-order valence-corrected chi connectivity index (χ1v) is 6.48. The summed E-state index contributed by atoms with van der Waals surface area (Å²) in [6.07, 6.45) is 0.934. The summed E-state index contributed by atoms with van der Waals surface area (Å²) in [5.41, 5.74) is 7.96. The topological polar surface area (TPSA) is 49.6 Å². The predicted molar refractivity (Wildman–Crippen MR) is 73.6 cm³/mol. The molecule has 2 rings (SSSR count). The largest absolute Gasteiger partial charge is 0.328 e. The molecule has 98 valence electrons. The van der Waals surface area contributed by atoms with Gasteiger partial charge in [0, 0.05) is 25.3 Å². The first-order valence-electron chi connectivity index (χ1n) is 6.48. The number of rotatable bonds is 3. The van der Waals surface area contributed by atoms with Crippen molar-refractivity contribution in [3.63, 3.8) is 0 Å². The maximum absolute atomic E-state index is 12.4. The van der Waals surface area contributed by atoms with E-state index in [4.69, 9.17) is 5.73 Å². The Morgan fingerprint density at radius 2 is 2.06 bits per heavy atom. The molecule has 4 heteroatoms. The highest BCUT2D eigenvalue weighted by molar-refractivity contribution is 5.98. The molecule has 1 aliphatic rings. The van der Waals surface area contributed by atoms with Gasteiger partial charge in [0.25, 0.3) is 0 Å². The van der Waals surface area contributed by atoms with E-state index in [0.717, 1.165) is 25.2 Å². The summed E-state index contributed by atoms with van der Waals surface area (Å²) in [5.74, 6) is 0.118. The molecule has 0 saturated carbocycles. The van der Waals surface area contributed by atoms with Crippen molar-refractivity contribution in [1.29, 1.82) is 0 Å². The summed E-state index contributed by atoms with van der Waals surface area (Å²) in [6.45, 7) is 4.09. The van der Waals surface area contributed by atoms with Crippen LogP contribution in [0.5, 0.6) is 0 Å². The van der Waals surface area contributed by atoms with Crippen LogP contribution in [0.1, 0.15) is 12.5 Å². The van der Waals surface area contributed by atoms with E-state index in [1.807, 2.05) is 35.0 Å². The van der Waals surface area contributed by atoms with E-state index in [1.54, 1.807) is 0 Å². The molecule has 0 radical (unpaired) electrons. The van der Waals surface area contributed by atoms with E-state index >= 15 is 0 Å². The zero-order valence-electron chi connectivity index (χ0n) is 11.1. The zero-order chi connectivity index (χ0) is 13.1. The molecule has 1 aromatic rings. The number of hydrogen-bond donors (Lipinski definition) is 1. The van der Waals surface area contributed by atoms with Gasteiger partial charge < -0.3 is 10.6 Å². The van der Waals surface area contributed by atoms with E-state index in [-0.39, 0.29) is 11.9 Å². The smallest absolute Gasteiger partial charge is 0.245 e. The number of nitrogens with two attached hydrogens (primary N) is 1. The molecule has 0 bridgehead atoms. The summed E-state index contributed by atoms with van der Waals surface area (Å²) in [5, 5.41) is 0. The van der Waals surface area contributed by atoms with Gasteiger partial charge in [0.2, 0.25) is 5.91 Å². The fourth-order valence-corrected chi connectivity index (χ4v) is 2.49. The first-order chi connectivity index (χ1) is 8.69. The molecule has 4 nitrogen and oxygen atoms in total. The Morgan fingerprint density at radius 3 is 2.72 bits per heavy atom. The van der Waals surface area contributed by atoms with Crippen LogP contribution in [-0.4, -0.2) is 43.5 Å². The zero-order valence-corrected chi connectivity index (χ0v) is 11.1. The normalized spacial score (nSPS) is 21.4. The second kappa shape index (κ2) is 5.50. The van der Waals surface area contributed by atoms with E-state index in [0.29, 0.717) is 6.54 Å². The van der Waals surface area contributed by atoms with Gasteiger partial charge >= 0.3 is 0 Å². The number of para-hydroxylation sites is 1. The van der Waals surface area contributed by atoms with Crippen LogP contribution in [0.3, 0.4) is 0 Å². The maximum Gasteiger partial charge on any atom is 0.245 e. The van der Waals surface area contributed by atoms with Crippen molar-refractivity contribution >= 4 is 11.6 Å². The fourth-order valence-electron chi connectivity index (χ4n) is 2.49. The molecule has 0 spiro atoms. The Kier molecular flexibility index (Phi) is 3.99. The van der Waals surface area contributed by atoms with E-state index in [2.05, 4.69) is 13.0 Å². The van der Waals surface area contributed by atoms with Gasteiger partial charge in [0.1, 0.15) is 6.04 Å². The number of aryl methyl sites for hydroxylation is 1. The molecule has 2 N–H and O–H groups in total. The Balaban J connectivity index is 2.30. The van der Waals surface area contributed by atoms with Crippen molar-refractivity contribution in [2.24, 2.45) is 5.73 Å². The van der Waals surface area contributed by atoms with Gasteiger partial charge in [-0.15, -0.1) is 0 Å². The van der Waals surface area contributed by atoms with Crippen LogP contribution >= 0.6 is 0 Å². The molecule has 0 aromatic heterocycles. The molecule has 1 atom stereocenters. The minimum Gasteiger partial charge on any atom is -0.328 e. The second-order valence-corrected chi connectivity index (χ2v) is 4.70. The van der Waals surface area contributed by atoms with Crippen LogP contribution in [0.15, 0.2) is 24.3 Å². The quantitative estimate of drug-likeness (QED) is 0.861. The van der Waals surface area contributed by atoms with E-state index < -0.39 is 0 Å². The number of amides is 1. The van der Waals surface area contributed by atoms with Gasteiger partial charge in [-0.05, 0) is 25.1 Å². The third kappa shape index (κ3) is 2.26. The molecule has 1 aliphatic heterocycles. The number of likely N-dealkylation sites (N-methyl/N-ethyl adjacent to an activating group) is 1. The molecule has 1 fully saturated rings. The Morgan fingerprint density at radius 1 is 1.33 bits per heavy atom. The highest BCUT2D eigenvalue weighted by Gasteiger charge is 2.32. The Bertz CT molecular complexity index is 433. The summed E-state index contributed by atoms with van der Waals surface area (Å²) >= 11 is 0. The average molecular weight is 247 g/mol. The summed E-state index contributed by atoms with van der Waals surface area (Å²) in [6, 6.07) is 7.91.